The number of hydrogen-bond donors (Lipinski definition) is 0. The number of ether oxygens (including phenoxy) is 2. The second kappa shape index (κ2) is 11.6. The molecule has 0 unspecified atom stereocenters. The van der Waals surface area contributed by atoms with Crippen molar-refractivity contribution in [1.82, 2.24) is 9.80 Å². The summed E-state index contributed by atoms with van der Waals surface area (Å²) in [5, 5.41) is 0. The van der Waals surface area contributed by atoms with Crippen molar-refractivity contribution in [3.63, 3.8) is 0 Å². The average Bonchev–Trinajstić information content (AvgIpc) is 2.44. The second-order valence-electron chi connectivity index (χ2n) is 6.91. The van der Waals surface area contributed by atoms with E-state index in [-0.39, 0.29) is 43.0 Å². The van der Waals surface area contributed by atoms with Crippen molar-refractivity contribution in [3.05, 3.63) is 24.5 Å². The Labute approximate surface area is 152 Å². The van der Waals surface area contributed by atoms with Gasteiger partial charge in [-0.2, -0.15) is 0 Å². The Kier molecular flexibility index (Phi) is 10.6. The van der Waals surface area contributed by atoms with E-state index >= 15 is 0 Å². The molecule has 0 aromatic rings. The summed E-state index contributed by atoms with van der Waals surface area (Å²) in [5.74, 6) is 0. The Morgan fingerprint density at radius 1 is 0.760 bits per heavy atom. The van der Waals surface area contributed by atoms with E-state index in [0.29, 0.717) is 0 Å². The summed E-state index contributed by atoms with van der Waals surface area (Å²) in [5.41, 5.74) is 0. The number of rotatable bonds is 8. The van der Waals surface area contributed by atoms with Gasteiger partial charge in [0.05, 0.1) is 6.26 Å². The molecule has 25 heavy (non-hydrogen) atoms. The lowest BCUT2D eigenvalue weighted by atomic mass is 10.2. The fourth-order valence-corrected chi connectivity index (χ4v) is 2.57. The molecule has 0 aromatic carbocycles. The summed E-state index contributed by atoms with van der Waals surface area (Å²) in [7, 11) is 0. The van der Waals surface area contributed by atoms with Crippen LogP contribution in [0.25, 0.3) is 0 Å². The van der Waals surface area contributed by atoms with Gasteiger partial charge in [-0.15, -0.1) is 0 Å². The van der Waals surface area contributed by atoms with Crippen LogP contribution < -0.4 is 0 Å². The smallest absolute Gasteiger partial charge is 0.415 e. The van der Waals surface area contributed by atoms with Crippen LogP contribution in [0.15, 0.2) is 24.5 Å². The van der Waals surface area contributed by atoms with Gasteiger partial charge in [-0.1, -0.05) is 6.08 Å². The van der Waals surface area contributed by atoms with E-state index in [1.165, 1.54) is 6.26 Å². The van der Waals surface area contributed by atoms with Gasteiger partial charge in [0.15, 0.2) is 0 Å². The molecule has 6 heteroatoms. The summed E-state index contributed by atoms with van der Waals surface area (Å²) in [6.07, 6.45) is 5.55. The highest BCUT2D eigenvalue weighted by atomic mass is 16.6. The monoisotopic (exact) mass is 354 g/mol. The van der Waals surface area contributed by atoms with Crippen molar-refractivity contribution in [2.24, 2.45) is 0 Å². The summed E-state index contributed by atoms with van der Waals surface area (Å²) >= 11 is 0. The van der Waals surface area contributed by atoms with Gasteiger partial charge in [0.2, 0.25) is 0 Å². The Hall–Kier alpha value is -1.98. The van der Waals surface area contributed by atoms with Crippen LogP contribution in [0, 0.1) is 0 Å². The lowest BCUT2D eigenvalue weighted by Gasteiger charge is -2.29. The van der Waals surface area contributed by atoms with E-state index < -0.39 is 0 Å². The molecule has 0 atom stereocenters. The summed E-state index contributed by atoms with van der Waals surface area (Å²) in [6.45, 7) is 15.7. The van der Waals surface area contributed by atoms with Crippen LogP contribution in [-0.2, 0) is 9.47 Å². The fourth-order valence-electron chi connectivity index (χ4n) is 2.57. The molecular formula is C19H34N2O4. The number of allylic oxidation sites excluding steroid dienone is 2. The molecule has 0 rings (SSSR count). The maximum atomic E-state index is 12.0. The molecular weight excluding hydrogens is 320 g/mol. The molecule has 0 saturated carbocycles. The molecule has 144 valence electrons. The number of carbonyl (C=O) groups excluding carboxylic acids is 2. The molecule has 0 aliphatic heterocycles. The van der Waals surface area contributed by atoms with E-state index in [1.54, 1.807) is 28.0 Å². The first-order valence-corrected chi connectivity index (χ1v) is 8.85. The minimum Gasteiger partial charge on any atom is -0.445 e. The van der Waals surface area contributed by atoms with Crippen molar-refractivity contribution < 1.29 is 19.1 Å². The SMILES string of the molecule is CC(C)N(C(=O)O/C=C/C=C/COC(=O)N(C(C)C)C(C)C)C(C)C. The lowest BCUT2D eigenvalue weighted by molar-refractivity contribution is 0.0875. The number of nitrogens with zero attached hydrogens (tertiary/aromatic N) is 2. The van der Waals surface area contributed by atoms with Crippen LogP contribution in [0.3, 0.4) is 0 Å². The highest BCUT2D eigenvalue weighted by molar-refractivity contribution is 5.69. The maximum Gasteiger partial charge on any atom is 0.415 e. The highest BCUT2D eigenvalue weighted by Gasteiger charge is 2.21. The molecule has 0 spiro atoms. The van der Waals surface area contributed by atoms with Crippen LogP contribution in [0.1, 0.15) is 55.4 Å². The predicted octanol–water partition coefficient (Wildman–Crippen LogP) is 4.57. The molecule has 2 amide bonds. The largest absolute Gasteiger partial charge is 0.445 e. The van der Waals surface area contributed by atoms with Gasteiger partial charge in [-0.05, 0) is 67.5 Å². The first kappa shape index (κ1) is 23.0. The molecule has 0 saturated heterocycles. The van der Waals surface area contributed by atoms with E-state index in [0.717, 1.165) is 0 Å². The molecule has 0 fully saturated rings. The third-order valence-electron chi connectivity index (χ3n) is 3.44. The predicted molar refractivity (Wildman–Crippen MR) is 100 cm³/mol. The zero-order valence-corrected chi connectivity index (χ0v) is 16.9. The summed E-state index contributed by atoms with van der Waals surface area (Å²) in [4.78, 5) is 27.3. The molecule has 6 nitrogen and oxygen atoms in total. The third kappa shape index (κ3) is 8.61. The Morgan fingerprint density at radius 3 is 1.64 bits per heavy atom. The molecule has 0 aliphatic rings. The van der Waals surface area contributed by atoms with Crippen LogP contribution in [0.2, 0.25) is 0 Å². The standard InChI is InChI=1S/C19H34N2O4/c1-14(2)20(15(3)4)18(22)24-12-10-9-11-13-25-19(23)21(16(5)6)17(7)8/h9-12,14-17H,13H2,1-8H3/b11-9+,12-10+. The quantitative estimate of drug-likeness (QED) is 0.473. The van der Waals surface area contributed by atoms with Crippen molar-refractivity contribution >= 4 is 12.2 Å². The minimum atomic E-state index is -0.384. The summed E-state index contributed by atoms with van der Waals surface area (Å²) < 4.78 is 10.3. The van der Waals surface area contributed by atoms with Gasteiger partial charge in [0.1, 0.15) is 6.61 Å². The van der Waals surface area contributed by atoms with Gasteiger partial charge in [0, 0.05) is 24.2 Å². The molecule has 0 aromatic heterocycles. The Bertz CT molecular complexity index is 452. The first-order chi connectivity index (χ1) is 11.6. The average molecular weight is 354 g/mol. The van der Waals surface area contributed by atoms with Gasteiger partial charge in [-0.25, -0.2) is 9.59 Å². The lowest BCUT2D eigenvalue weighted by Crippen LogP contribution is -2.42. The topological polar surface area (TPSA) is 59.1 Å². The van der Waals surface area contributed by atoms with Gasteiger partial charge < -0.3 is 19.3 Å². The van der Waals surface area contributed by atoms with E-state index in [1.807, 2.05) is 55.4 Å². The Morgan fingerprint density at radius 2 is 1.20 bits per heavy atom. The fraction of sp³-hybridized carbons (Fsp3) is 0.684. The van der Waals surface area contributed by atoms with Crippen molar-refractivity contribution in [1.29, 1.82) is 0 Å². The van der Waals surface area contributed by atoms with Crippen molar-refractivity contribution in [3.8, 4) is 0 Å². The number of carbonyl (C=O) groups is 2. The third-order valence-corrected chi connectivity index (χ3v) is 3.44. The van der Waals surface area contributed by atoms with Gasteiger partial charge in [-0.3, -0.25) is 0 Å². The van der Waals surface area contributed by atoms with Crippen LogP contribution in [-0.4, -0.2) is 52.8 Å². The van der Waals surface area contributed by atoms with E-state index in [4.69, 9.17) is 9.47 Å². The normalized spacial score (nSPS) is 12.0. The summed E-state index contributed by atoms with van der Waals surface area (Å²) in [6, 6.07) is 0.308. The second-order valence-corrected chi connectivity index (χ2v) is 6.91. The van der Waals surface area contributed by atoms with E-state index in [2.05, 4.69) is 0 Å². The van der Waals surface area contributed by atoms with Crippen molar-refractivity contribution in [2.75, 3.05) is 6.61 Å². The highest BCUT2D eigenvalue weighted by Crippen LogP contribution is 2.08. The zero-order chi connectivity index (χ0) is 19.6. The van der Waals surface area contributed by atoms with Crippen LogP contribution in [0.4, 0.5) is 9.59 Å². The molecule has 0 radical (unpaired) electrons. The number of amides is 2. The van der Waals surface area contributed by atoms with Crippen LogP contribution >= 0.6 is 0 Å². The van der Waals surface area contributed by atoms with Crippen molar-refractivity contribution in [2.45, 2.75) is 79.6 Å². The maximum absolute atomic E-state index is 12.0. The minimum absolute atomic E-state index is 0.0701. The van der Waals surface area contributed by atoms with Gasteiger partial charge >= 0.3 is 12.2 Å². The Balaban J connectivity index is 4.31. The number of hydrogen-bond acceptors (Lipinski definition) is 4. The van der Waals surface area contributed by atoms with E-state index in [9.17, 15) is 9.59 Å². The first-order valence-electron chi connectivity index (χ1n) is 8.85. The zero-order valence-electron chi connectivity index (χ0n) is 16.9. The molecule has 0 aliphatic carbocycles. The molecule has 0 N–H and O–H groups in total. The molecule has 0 bridgehead atoms. The molecule has 0 heterocycles. The van der Waals surface area contributed by atoms with Crippen LogP contribution in [0.5, 0.6) is 0 Å². The van der Waals surface area contributed by atoms with Gasteiger partial charge in [0.25, 0.3) is 0 Å².